The smallest absolute Gasteiger partial charge is 0.146 e. The van der Waals surface area contributed by atoms with Gasteiger partial charge < -0.3 is 9.67 Å². The van der Waals surface area contributed by atoms with Crippen molar-refractivity contribution in [3.8, 4) is 0 Å². The summed E-state index contributed by atoms with van der Waals surface area (Å²) in [6, 6.07) is 1.95. The molecule has 0 radical (unpaired) electrons. The lowest BCUT2D eigenvalue weighted by atomic mass is 10.1. The van der Waals surface area contributed by atoms with Crippen molar-refractivity contribution in [1.29, 1.82) is 0 Å². The number of aliphatic hydroxyl groups excluding tert-OH is 1. The molecule has 2 rings (SSSR count). The molecule has 5 heteroatoms. The molecule has 0 aliphatic heterocycles. The van der Waals surface area contributed by atoms with Crippen LogP contribution in [0.3, 0.4) is 0 Å². The highest BCUT2D eigenvalue weighted by molar-refractivity contribution is 5.14. The lowest BCUT2D eigenvalue weighted by Gasteiger charge is -2.05. The third kappa shape index (κ3) is 2.55. The SMILES string of the molecule is CCC(O)c1ccn(Cc2ncnn2CC)c1. The van der Waals surface area contributed by atoms with Crippen molar-refractivity contribution in [3.05, 3.63) is 36.2 Å². The average Bonchev–Trinajstić information content (AvgIpc) is 2.97. The van der Waals surface area contributed by atoms with Crippen molar-refractivity contribution >= 4 is 0 Å². The first-order valence-corrected chi connectivity index (χ1v) is 5.95. The summed E-state index contributed by atoms with van der Waals surface area (Å²) in [4.78, 5) is 4.23. The van der Waals surface area contributed by atoms with Gasteiger partial charge in [-0.2, -0.15) is 5.10 Å². The number of hydrogen-bond donors (Lipinski definition) is 1. The maximum absolute atomic E-state index is 9.72. The second-order valence-electron chi connectivity index (χ2n) is 4.03. The van der Waals surface area contributed by atoms with Crippen molar-refractivity contribution < 1.29 is 5.11 Å². The van der Waals surface area contributed by atoms with Crippen molar-refractivity contribution in [2.75, 3.05) is 0 Å². The van der Waals surface area contributed by atoms with Crippen molar-refractivity contribution in [2.24, 2.45) is 0 Å². The zero-order chi connectivity index (χ0) is 12.3. The van der Waals surface area contributed by atoms with Gasteiger partial charge in [0.25, 0.3) is 0 Å². The Kier molecular flexibility index (Phi) is 3.58. The summed E-state index contributed by atoms with van der Waals surface area (Å²) in [5.74, 6) is 0.931. The summed E-state index contributed by atoms with van der Waals surface area (Å²) in [6.07, 6.45) is 5.85. The van der Waals surface area contributed by atoms with Crippen LogP contribution >= 0.6 is 0 Å². The maximum Gasteiger partial charge on any atom is 0.146 e. The standard InChI is InChI=1S/C12H18N4O/c1-3-11(17)10-5-6-15(7-10)8-12-13-9-14-16(12)4-2/h5-7,9,11,17H,3-4,8H2,1-2H3. The Morgan fingerprint density at radius 3 is 2.94 bits per heavy atom. The first-order valence-electron chi connectivity index (χ1n) is 5.95. The number of aliphatic hydroxyl groups is 1. The Balaban J connectivity index is 2.11. The molecule has 0 aromatic carbocycles. The first kappa shape index (κ1) is 11.9. The third-order valence-corrected chi connectivity index (χ3v) is 2.86. The minimum absolute atomic E-state index is 0.375. The van der Waals surface area contributed by atoms with Gasteiger partial charge in [0.15, 0.2) is 0 Å². The molecule has 2 aromatic rings. The third-order valence-electron chi connectivity index (χ3n) is 2.86. The van der Waals surface area contributed by atoms with Gasteiger partial charge in [-0.25, -0.2) is 9.67 Å². The molecule has 92 valence electrons. The van der Waals surface area contributed by atoms with Crippen LogP contribution < -0.4 is 0 Å². The Bertz CT molecular complexity index is 474. The Hall–Kier alpha value is -1.62. The molecule has 17 heavy (non-hydrogen) atoms. The van der Waals surface area contributed by atoms with Crippen molar-refractivity contribution in [1.82, 2.24) is 19.3 Å². The van der Waals surface area contributed by atoms with E-state index >= 15 is 0 Å². The summed E-state index contributed by atoms with van der Waals surface area (Å²) < 4.78 is 3.89. The second kappa shape index (κ2) is 5.14. The van der Waals surface area contributed by atoms with E-state index in [4.69, 9.17) is 0 Å². The van der Waals surface area contributed by atoms with Gasteiger partial charge >= 0.3 is 0 Å². The summed E-state index contributed by atoms with van der Waals surface area (Å²) in [7, 11) is 0. The Morgan fingerprint density at radius 1 is 1.41 bits per heavy atom. The number of rotatable bonds is 5. The van der Waals surface area contributed by atoms with Gasteiger partial charge in [-0.1, -0.05) is 6.92 Å². The quantitative estimate of drug-likeness (QED) is 0.854. The molecule has 2 heterocycles. The van der Waals surface area contributed by atoms with E-state index in [0.717, 1.165) is 24.4 Å². The molecule has 0 fully saturated rings. The molecule has 0 saturated heterocycles. The molecule has 2 aromatic heterocycles. The molecular weight excluding hydrogens is 216 g/mol. The van der Waals surface area contributed by atoms with Gasteiger partial charge in [-0.05, 0) is 25.0 Å². The van der Waals surface area contributed by atoms with E-state index in [-0.39, 0.29) is 6.10 Å². The fourth-order valence-electron chi connectivity index (χ4n) is 1.83. The highest BCUT2D eigenvalue weighted by Gasteiger charge is 2.08. The predicted octanol–water partition coefficient (Wildman–Crippen LogP) is 1.59. The van der Waals surface area contributed by atoms with E-state index in [1.165, 1.54) is 0 Å². The molecular formula is C12H18N4O. The molecule has 0 spiro atoms. The monoisotopic (exact) mass is 234 g/mol. The van der Waals surface area contributed by atoms with Gasteiger partial charge in [-0.15, -0.1) is 0 Å². The minimum Gasteiger partial charge on any atom is -0.388 e. The van der Waals surface area contributed by atoms with E-state index in [0.29, 0.717) is 6.54 Å². The van der Waals surface area contributed by atoms with Crippen LogP contribution in [0.2, 0.25) is 0 Å². The van der Waals surface area contributed by atoms with Gasteiger partial charge in [0, 0.05) is 18.9 Å². The van der Waals surface area contributed by atoms with E-state index in [1.807, 2.05) is 41.6 Å². The van der Waals surface area contributed by atoms with E-state index in [1.54, 1.807) is 6.33 Å². The van der Waals surface area contributed by atoms with E-state index in [2.05, 4.69) is 10.1 Å². The molecule has 0 bridgehead atoms. The van der Waals surface area contributed by atoms with Crippen LogP contribution in [0, 0.1) is 0 Å². The molecule has 5 nitrogen and oxygen atoms in total. The first-order chi connectivity index (χ1) is 8.24. The summed E-state index contributed by atoms with van der Waals surface area (Å²) >= 11 is 0. The molecule has 0 aliphatic rings. The van der Waals surface area contributed by atoms with Crippen LogP contribution in [0.4, 0.5) is 0 Å². The number of nitrogens with zero attached hydrogens (tertiary/aromatic N) is 4. The average molecular weight is 234 g/mol. The highest BCUT2D eigenvalue weighted by Crippen LogP contribution is 2.16. The number of aryl methyl sites for hydroxylation is 1. The predicted molar refractivity (Wildman–Crippen MR) is 64.5 cm³/mol. The zero-order valence-corrected chi connectivity index (χ0v) is 10.2. The lowest BCUT2D eigenvalue weighted by Crippen LogP contribution is -2.07. The van der Waals surface area contributed by atoms with Crippen molar-refractivity contribution in [2.45, 2.75) is 39.5 Å². The number of hydrogen-bond acceptors (Lipinski definition) is 3. The molecule has 1 N–H and O–H groups in total. The van der Waals surface area contributed by atoms with Crippen LogP contribution in [-0.4, -0.2) is 24.4 Å². The second-order valence-corrected chi connectivity index (χ2v) is 4.03. The van der Waals surface area contributed by atoms with E-state index < -0.39 is 0 Å². The summed E-state index contributed by atoms with van der Waals surface area (Å²) in [5.41, 5.74) is 0.954. The largest absolute Gasteiger partial charge is 0.388 e. The molecule has 1 atom stereocenters. The normalized spacial score (nSPS) is 12.9. The van der Waals surface area contributed by atoms with E-state index in [9.17, 15) is 5.11 Å². The van der Waals surface area contributed by atoms with Crippen LogP contribution in [0.1, 0.15) is 37.8 Å². The number of aromatic nitrogens is 4. The Morgan fingerprint density at radius 2 is 2.24 bits per heavy atom. The molecule has 0 aliphatic carbocycles. The van der Waals surface area contributed by atoms with Gasteiger partial charge in [-0.3, -0.25) is 0 Å². The Labute approximate surface area is 101 Å². The highest BCUT2D eigenvalue weighted by atomic mass is 16.3. The van der Waals surface area contributed by atoms with Gasteiger partial charge in [0.2, 0.25) is 0 Å². The van der Waals surface area contributed by atoms with Crippen molar-refractivity contribution in [3.63, 3.8) is 0 Å². The molecule has 1 unspecified atom stereocenters. The van der Waals surface area contributed by atoms with Gasteiger partial charge in [0.1, 0.15) is 12.2 Å². The van der Waals surface area contributed by atoms with Crippen LogP contribution in [0.25, 0.3) is 0 Å². The summed E-state index contributed by atoms with van der Waals surface area (Å²) in [5, 5.41) is 13.9. The fraction of sp³-hybridized carbons (Fsp3) is 0.500. The van der Waals surface area contributed by atoms with Crippen LogP contribution in [-0.2, 0) is 13.1 Å². The molecule has 0 amide bonds. The van der Waals surface area contributed by atoms with Crippen LogP contribution in [0.15, 0.2) is 24.8 Å². The lowest BCUT2D eigenvalue weighted by molar-refractivity contribution is 0.173. The van der Waals surface area contributed by atoms with Gasteiger partial charge in [0.05, 0.1) is 12.6 Å². The van der Waals surface area contributed by atoms with Crippen LogP contribution in [0.5, 0.6) is 0 Å². The molecule has 0 saturated carbocycles. The fourth-order valence-corrected chi connectivity index (χ4v) is 1.83. The topological polar surface area (TPSA) is 55.9 Å². The summed E-state index contributed by atoms with van der Waals surface area (Å²) in [6.45, 7) is 5.52. The zero-order valence-electron chi connectivity index (χ0n) is 10.2. The minimum atomic E-state index is -0.375. The maximum atomic E-state index is 9.72.